The Morgan fingerprint density at radius 3 is 2.60 bits per heavy atom. The van der Waals surface area contributed by atoms with Gasteiger partial charge in [-0.25, -0.2) is 13.4 Å². The number of nitro benzene ring substituents is 1. The number of aryl methyl sites for hydroxylation is 1. The fraction of sp³-hybridized carbons (Fsp3) is 0.400. The molecule has 1 aliphatic carbocycles. The molecule has 0 amide bonds. The molecule has 0 spiro atoms. The van der Waals surface area contributed by atoms with Crippen molar-refractivity contribution < 1.29 is 13.3 Å². The van der Waals surface area contributed by atoms with Crippen LogP contribution in [0.2, 0.25) is 0 Å². The predicted molar refractivity (Wildman–Crippen MR) is 98.1 cm³/mol. The van der Waals surface area contributed by atoms with Crippen molar-refractivity contribution in [1.29, 1.82) is 0 Å². The molecule has 10 heteroatoms. The molecule has 1 aromatic carbocycles. The summed E-state index contributed by atoms with van der Waals surface area (Å²) in [5.74, 6) is 0. The summed E-state index contributed by atoms with van der Waals surface area (Å²) in [4.78, 5) is 14.7. The highest BCUT2D eigenvalue weighted by atomic mass is 79.9. The predicted octanol–water partition coefficient (Wildman–Crippen LogP) is 3.87. The smallest absolute Gasteiger partial charge is 0.258 e. The van der Waals surface area contributed by atoms with E-state index in [0.717, 1.165) is 18.5 Å². The minimum atomic E-state index is -4.08. The van der Waals surface area contributed by atoms with Crippen molar-refractivity contribution in [2.45, 2.75) is 43.0 Å². The summed E-state index contributed by atoms with van der Waals surface area (Å²) in [6.07, 6.45) is 3.01. The normalized spacial score (nSPS) is 16.9. The van der Waals surface area contributed by atoms with Gasteiger partial charge in [0.15, 0.2) is 4.90 Å². The minimum Gasteiger partial charge on any atom is -0.258 e. The van der Waals surface area contributed by atoms with Crippen molar-refractivity contribution in [1.82, 2.24) is 9.71 Å². The number of hydrogen-bond donors (Lipinski definition) is 1. The van der Waals surface area contributed by atoms with Gasteiger partial charge in [0.25, 0.3) is 5.69 Å². The second-order valence-electron chi connectivity index (χ2n) is 6.06. The number of sulfonamides is 1. The van der Waals surface area contributed by atoms with E-state index in [-0.39, 0.29) is 4.90 Å². The van der Waals surface area contributed by atoms with Crippen molar-refractivity contribution in [2.75, 3.05) is 0 Å². The molecule has 2 aromatic rings. The van der Waals surface area contributed by atoms with Crippen LogP contribution in [0.3, 0.4) is 0 Å². The van der Waals surface area contributed by atoms with Crippen LogP contribution in [-0.4, -0.2) is 18.3 Å². The number of nitro groups is 1. The van der Waals surface area contributed by atoms with Gasteiger partial charge < -0.3 is 0 Å². The number of nitrogens with zero attached hydrogens (tertiary/aromatic N) is 2. The van der Waals surface area contributed by atoms with Crippen LogP contribution in [0, 0.1) is 17.0 Å². The van der Waals surface area contributed by atoms with E-state index in [0.29, 0.717) is 22.3 Å². The first kappa shape index (κ1) is 18.4. The Morgan fingerprint density at radius 2 is 2.04 bits per heavy atom. The van der Waals surface area contributed by atoms with Crippen molar-refractivity contribution >= 4 is 43.0 Å². The number of nitrogens with one attached hydrogen (secondary N) is 1. The molecule has 1 N–H and O–H groups in total. The van der Waals surface area contributed by atoms with Gasteiger partial charge in [0.05, 0.1) is 10.5 Å². The van der Waals surface area contributed by atoms with Crippen LogP contribution >= 0.6 is 27.3 Å². The molecule has 1 heterocycles. The molecule has 0 aliphatic heterocycles. The fourth-order valence-corrected chi connectivity index (χ4v) is 6.09. The summed E-state index contributed by atoms with van der Waals surface area (Å²) < 4.78 is 29.1. The van der Waals surface area contributed by atoms with Gasteiger partial charge in [-0.3, -0.25) is 10.1 Å². The van der Waals surface area contributed by atoms with Crippen LogP contribution in [0.1, 0.15) is 36.4 Å². The van der Waals surface area contributed by atoms with Gasteiger partial charge in [0.2, 0.25) is 10.0 Å². The third-order valence-electron chi connectivity index (χ3n) is 4.22. The maximum atomic E-state index is 13.0. The number of aromatic nitrogens is 1. The van der Waals surface area contributed by atoms with Gasteiger partial charge in [-0.2, -0.15) is 4.72 Å². The second kappa shape index (κ2) is 6.75. The lowest BCUT2D eigenvalue weighted by molar-refractivity contribution is -0.387. The topological polar surface area (TPSA) is 102 Å². The van der Waals surface area contributed by atoms with Gasteiger partial charge in [-0.15, -0.1) is 11.3 Å². The first-order valence-electron chi connectivity index (χ1n) is 7.64. The maximum absolute atomic E-state index is 13.0. The van der Waals surface area contributed by atoms with Crippen LogP contribution in [0.15, 0.2) is 32.9 Å². The second-order valence-corrected chi connectivity index (χ2v) is 9.48. The molecule has 1 aromatic heterocycles. The zero-order chi connectivity index (χ0) is 18.2. The molecule has 0 bridgehead atoms. The average Bonchev–Trinajstić information content (AvgIpc) is 3.16. The lowest BCUT2D eigenvalue weighted by Gasteiger charge is -2.27. The molecule has 0 saturated heterocycles. The van der Waals surface area contributed by atoms with E-state index in [2.05, 4.69) is 25.6 Å². The van der Waals surface area contributed by atoms with Crippen molar-refractivity contribution in [3.05, 3.63) is 48.9 Å². The highest BCUT2D eigenvalue weighted by molar-refractivity contribution is 9.10. The zero-order valence-corrected chi connectivity index (χ0v) is 16.6. The van der Waals surface area contributed by atoms with Crippen molar-refractivity contribution in [3.63, 3.8) is 0 Å². The Balaban J connectivity index is 2.05. The highest BCUT2D eigenvalue weighted by Crippen LogP contribution is 2.42. The molecule has 3 rings (SSSR count). The Bertz CT molecular complexity index is 921. The van der Waals surface area contributed by atoms with E-state index in [1.54, 1.807) is 0 Å². The number of benzene rings is 1. The fourth-order valence-electron chi connectivity index (χ4n) is 3.08. The van der Waals surface area contributed by atoms with Crippen LogP contribution in [0.25, 0.3) is 0 Å². The van der Waals surface area contributed by atoms with Gasteiger partial charge in [-0.1, -0.05) is 28.8 Å². The van der Waals surface area contributed by atoms with E-state index >= 15 is 0 Å². The zero-order valence-electron chi connectivity index (χ0n) is 13.4. The molecule has 134 valence electrons. The molecule has 1 saturated carbocycles. The van der Waals surface area contributed by atoms with E-state index in [4.69, 9.17) is 0 Å². The molecule has 0 radical (unpaired) electrons. The van der Waals surface area contributed by atoms with Crippen LogP contribution in [0.5, 0.6) is 0 Å². The van der Waals surface area contributed by atoms with Crippen LogP contribution < -0.4 is 4.72 Å². The van der Waals surface area contributed by atoms with Gasteiger partial charge in [0.1, 0.15) is 5.01 Å². The molecule has 0 atom stereocenters. The summed E-state index contributed by atoms with van der Waals surface area (Å²) in [6, 6.07) is 3.93. The Labute approximate surface area is 157 Å². The summed E-state index contributed by atoms with van der Waals surface area (Å²) in [6.45, 7) is 1.86. The number of halogens is 1. The molecule has 0 unspecified atom stereocenters. The van der Waals surface area contributed by atoms with E-state index in [1.807, 2.05) is 12.3 Å². The largest absolute Gasteiger partial charge is 0.290 e. The molecule has 7 nitrogen and oxygen atoms in total. The van der Waals surface area contributed by atoms with E-state index in [9.17, 15) is 18.5 Å². The van der Waals surface area contributed by atoms with Gasteiger partial charge >= 0.3 is 0 Å². The Kier molecular flexibility index (Phi) is 4.97. The SMILES string of the molecule is Cc1csc(C2(NS(=O)(=O)c3ccc(Br)cc3[N+](=O)[O-])CCCC2)n1. The molecular weight excluding hydrogens is 430 g/mol. The van der Waals surface area contributed by atoms with Crippen LogP contribution in [-0.2, 0) is 15.6 Å². The third-order valence-corrected chi connectivity index (χ3v) is 7.46. The summed E-state index contributed by atoms with van der Waals surface area (Å²) >= 11 is 4.56. The van der Waals surface area contributed by atoms with Crippen molar-refractivity contribution in [3.8, 4) is 0 Å². The number of thiazole rings is 1. The monoisotopic (exact) mass is 445 g/mol. The average molecular weight is 446 g/mol. The van der Waals surface area contributed by atoms with Gasteiger partial charge in [0, 0.05) is 21.6 Å². The third kappa shape index (κ3) is 3.62. The first-order chi connectivity index (χ1) is 11.7. The maximum Gasteiger partial charge on any atom is 0.290 e. The lowest BCUT2D eigenvalue weighted by Crippen LogP contribution is -2.43. The first-order valence-corrected chi connectivity index (χ1v) is 10.8. The Morgan fingerprint density at radius 1 is 1.36 bits per heavy atom. The molecule has 25 heavy (non-hydrogen) atoms. The summed E-state index contributed by atoms with van der Waals surface area (Å²) in [7, 11) is -4.08. The summed E-state index contributed by atoms with van der Waals surface area (Å²) in [5.41, 5.74) is -0.413. The van der Waals surface area contributed by atoms with E-state index in [1.165, 1.54) is 29.5 Å². The quantitative estimate of drug-likeness (QED) is 0.555. The minimum absolute atomic E-state index is 0.333. The standard InChI is InChI=1S/C15H16BrN3O4S2/c1-10-9-24-14(17-10)15(6-2-3-7-15)18-25(22,23)13-5-4-11(16)8-12(13)19(20)21/h4-5,8-9,18H,2-3,6-7H2,1H3. The van der Waals surface area contributed by atoms with E-state index < -0.39 is 26.2 Å². The lowest BCUT2D eigenvalue weighted by atomic mass is 10.0. The van der Waals surface area contributed by atoms with Gasteiger partial charge in [-0.05, 0) is 31.9 Å². The Hall–Kier alpha value is -1.36. The number of hydrogen-bond acceptors (Lipinski definition) is 6. The molecule has 1 fully saturated rings. The highest BCUT2D eigenvalue weighted by Gasteiger charge is 2.43. The van der Waals surface area contributed by atoms with Crippen LogP contribution in [0.4, 0.5) is 5.69 Å². The summed E-state index contributed by atoms with van der Waals surface area (Å²) in [5, 5.41) is 13.9. The molecular formula is C15H16BrN3O4S2. The molecule has 1 aliphatic rings. The number of rotatable bonds is 5. The van der Waals surface area contributed by atoms with Crippen molar-refractivity contribution in [2.24, 2.45) is 0 Å².